The first kappa shape index (κ1) is 21.4. The number of aromatic hydroxyl groups is 1. The van der Waals surface area contributed by atoms with E-state index < -0.39 is 5.63 Å². The number of likely N-dealkylation sites (tertiary alicyclic amines) is 1. The molecule has 158 valence electrons. The van der Waals surface area contributed by atoms with Gasteiger partial charge in [-0.25, -0.2) is 4.79 Å². The second-order valence-corrected chi connectivity index (χ2v) is 8.43. The number of phenolic OH excluding ortho intramolecular Hbond substituents is 1. The molecule has 2 heterocycles. The Bertz CT molecular complexity index is 938. The van der Waals surface area contributed by atoms with Crippen LogP contribution in [0.15, 0.2) is 21.3 Å². The van der Waals surface area contributed by atoms with E-state index in [9.17, 15) is 14.7 Å². The van der Waals surface area contributed by atoms with E-state index in [2.05, 4.69) is 18.7 Å². The van der Waals surface area contributed by atoms with E-state index in [1.54, 1.807) is 6.92 Å². The van der Waals surface area contributed by atoms with Gasteiger partial charge in [0.15, 0.2) is 0 Å². The Morgan fingerprint density at radius 2 is 1.97 bits per heavy atom. The highest BCUT2D eigenvalue weighted by molar-refractivity contribution is 5.86. The van der Waals surface area contributed by atoms with Crippen LogP contribution in [0.4, 0.5) is 0 Å². The molecule has 0 aliphatic carbocycles. The van der Waals surface area contributed by atoms with Gasteiger partial charge in [0.05, 0.1) is 12.2 Å². The number of carbonyl (C=O) groups excluding carboxylic acids is 1. The number of hydrogen-bond acceptors (Lipinski definition) is 6. The number of esters is 1. The molecule has 2 atom stereocenters. The lowest BCUT2D eigenvalue weighted by Crippen LogP contribution is -2.38. The van der Waals surface area contributed by atoms with Crippen LogP contribution in [0.3, 0.4) is 0 Å². The predicted molar refractivity (Wildman–Crippen MR) is 112 cm³/mol. The van der Waals surface area contributed by atoms with E-state index in [4.69, 9.17) is 9.15 Å². The highest BCUT2D eigenvalue weighted by Gasteiger charge is 2.25. The van der Waals surface area contributed by atoms with Crippen LogP contribution in [-0.4, -0.2) is 35.7 Å². The molecule has 0 spiro atoms. The maximum absolute atomic E-state index is 12.0. The van der Waals surface area contributed by atoms with Crippen molar-refractivity contribution in [3.63, 3.8) is 0 Å². The fraction of sp³-hybridized carbons (Fsp3) is 0.565. The average Bonchev–Trinajstić information content (AvgIpc) is 2.62. The highest BCUT2D eigenvalue weighted by Crippen LogP contribution is 2.35. The standard InChI is InChI=1S/C23H31NO5/c1-5-28-20(25)7-6-17-10-18-16(4)9-21(26)29-23(18)19(22(17)27)13-24-11-14(2)8-15(3)12-24/h9-10,14-15,27H,5-8,11-13H2,1-4H3. The van der Waals surface area contributed by atoms with Gasteiger partial charge in [0.1, 0.15) is 11.3 Å². The molecule has 1 saturated heterocycles. The average molecular weight is 402 g/mol. The first-order valence-electron chi connectivity index (χ1n) is 10.4. The number of rotatable bonds is 6. The molecule has 3 rings (SSSR count). The van der Waals surface area contributed by atoms with Crippen LogP contribution in [0.5, 0.6) is 5.75 Å². The monoisotopic (exact) mass is 401 g/mol. The van der Waals surface area contributed by atoms with Crippen molar-refractivity contribution in [1.82, 2.24) is 4.90 Å². The largest absolute Gasteiger partial charge is 0.507 e. The number of aryl methyl sites for hydroxylation is 2. The van der Waals surface area contributed by atoms with Crippen molar-refractivity contribution in [3.05, 3.63) is 39.2 Å². The summed E-state index contributed by atoms with van der Waals surface area (Å²) in [4.78, 5) is 26.1. The summed E-state index contributed by atoms with van der Waals surface area (Å²) in [7, 11) is 0. The van der Waals surface area contributed by atoms with Gasteiger partial charge in [-0.3, -0.25) is 9.69 Å². The number of fused-ring (bicyclic) bond motifs is 1. The van der Waals surface area contributed by atoms with Gasteiger partial charge >= 0.3 is 11.6 Å². The maximum Gasteiger partial charge on any atom is 0.336 e. The van der Waals surface area contributed by atoms with Gasteiger partial charge in [0.25, 0.3) is 0 Å². The quantitative estimate of drug-likeness (QED) is 0.586. The van der Waals surface area contributed by atoms with Crippen LogP contribution in [0, 0.1) is 18.8 Å². The zero-order chi connectivity index (χ0) is 21.1. The molecule has 0 bridgehead atoms. The maximum atomic E-state index is 12.0. The summed E-state index contributed by atoms with van der Waals surface area (Å²) in [6.07, 6.45) is 1.76. The second kappa shape index (κ2) is 8.99. The Kier molecular flexibility index (Phi) is 6.63. The zero-order valence-corrected chi connectivity index (χ0v) is 17.8. The molecule has 1 aliphatic heterocycles. The van der Waals surface area contributed by atoms with E-state index >= 15 is 0 Å². The molecule has 1 N–H and O–H groups in total. The van der Waals surface area contributed by atoms with Gasteiger partial charge < -0.3 is 14.3 Å². The van der Waals surface area contributed by atoms with Crippen LogP contribution in [0.25, 0.3) is 11.0 Å². The predicted octanol–water partition coefficient (Wildman–Crippen LogP) is 3.78. The van der Waals surface area contributed by atoms with Crippen LogP contribution >= 0.6 is 0 Å². The minimum Gasteiger partial charge on any atom is -0.507 e. The van der Waals surface area contributed by atoms with Gasteiger partial charge in [0.2, 0.25) is 0 Å². The number of piperidine rings is 1. The molecule has 6 nitrogen and oxygen atoms in total. The molecule has 1 fully saturated rings. The lowest BCUT2D eigenvalue weighted by Gasteiger charge is -2.35. The third kappa shape index (κ3) is 4.99. The highest BCUT2D eigenvalue weighted by atomic mass is 16.5. The Hall–Kier alpha value is -2.34. The fourth-order valence-electron chi connectivity index (χ4n) is 4.52. The van der Waals surface area contributed by atoms with Crippen molar-refractivity contribution >= 4 is 16.9 Å². The molecule has 1 aliphatic rings. The van der Waals surface area contributed by atoms with E-state index in [1.807, 2.05) is 13.0 Å². The summed E-state index contributed by atoms with van der Waals surface area (Å²) in [6.45, 7) is 10.8. The molecule has 2 unspecified atom stereocenters. The fourth-order valence-corrected chi connectivity index (χ4v) is 4.52. The lowest BCUT2D eigenvalue weighted by atomic mass is 9.91. The van der Waals surface area contributed by atoms with Crippen molar-refractivity contribution < 1.29 is 19.1 Å². The van der Waals surface area contributed by atoms with E-state index in [0.29, 0.717) is 48.1 Å². The number of nitrogens with zero attached hydrogens (tertiary/aromatic N) is 1. The van der Waals surface area contributed by atoms with Gasteiger partial charge in [-0.15, -0.1) is 0 Å². The third-order valence-corrected chi connectivity index (χ3v) is 5.62. The summed E-state index contributed by atoms with van der Waals surface area (Å²) in [5, 5.41) is 11.8. The van der Waals surface area contributed by atoms with Crippen LogP contribution in [0.2, 0.25) is 0 Å². The van der Waals surface area contributed by atoms with Crippen molar-refractivity contribution in [2.45, 2.75) is 53.5 Å². The lowest BCUT2D eigenvalue weighted by molar-refractivity contribution is -0.143. The summed E-state index contributed by atoms with van der Waals surface area (Å²) in [5.41, 5.74) is 2.13. The van der Waals surface area contributed by atoms with Crippen LogP contribution in [-0.2, 0) is 22.5 Å². The minimum atomic E-state index is -0.421. The van der Waals surface area contributed by atoms with Crippen LogP contribution in [0.1, 0.15) is 50.3 Å². The number of ether oxygens (including phenoxy) is 1. The van der Waals surface area contributed by atoms with Crippen molar-refractivity contribution in [1.29, 1.82) is 0 Å². The van der Waals surface area contributed by atoms with Gasteiger partial charge in [-0.1, -0.05) is 13.8 Å². The molecule has 1 aromatic carbocycles. The number of carbonyl (C=O) groups is 1. The summed E-state index contributed by atoms with van der Waals surface area (Å²) >= 11 is 0. The molecule has 0 saturated carbocycles. The Morgan fingerprint density at radius 3 is 2.62 bits per heavy atom. The first-order valence-corrected chi connectivity index (χ1v) is 10.4. The van der Waals surface area contributed by atoms with Crippen molar-refractivity contribution in [3.8, 4) is 5.75 Å². The van der Waals surface area contributed by atoms with Gasteiger partial charge in [0, 0.05) is 37.5 Å². The van der Waals surface area contributed by atoms with E-state index in [-0.39, 0.29) is 18.1 Å². The molecular formula is C23H31NO5. The molecule has 0 amide bonds. The summed E-state index contributed by atoms with van der Waals surface area (Å²) in [6, 6.07) is 3.29. The number of phenols is 1. The number of benzene rings is 1. The third-order valence-electron chi connectivity index (χ3n) is 5.62. The SMILES string of the molecule is CCOC(=O)CCc1cc2c(C)cc(=O)oc2c(CN2CC(C)CC(C)C2)c1O. The van der Waals surface area contributed by atoms with Crippen LogP contribution < -0.4 is 5.63 Å². The second-order valence-electron chi connectivity index (χ2n) is 8.43. The molecule has 0 radical (unpaired) electrons. The van der Waals surface area contributed by atoms with Gasteiger partial charge in [-0.05, 0) is 55.7 Å². The molecular weight excluding hydrogens is 370 g/mol. The zero-order valence-electron chi connectivity index (χ0n) is 17.8. The van der Waals surface area contributed by atoms with Crippen molar-refractivity contribution in [2.75, 3.05) is 19.7 Å². The van der Waals surface area contributed by atoms with Gasteiger partial charge in [-0.2, -0.15) is 0 Å². The van der Waals surface area contributed by atoms with Crippen molar-refractivity contribution in [2.24, 2.45) is 11.8 Å². The minimum absolute atomic E-state index is 0.112. The number of hydrogen-bond donors (Lipinski definition) is 1. The van der Waals surface area contributed by atoms with E-state index in [1.165, 1.54) is 12.5 Å². The first-order chi connectivity index (χ1) is 13.8. The topological polar surface area (TPSA) is 80.0 Å². The van der Waals surface area contributed by atoms with E-state index in [0.717, 1.165) is 24.0 Å². The Balaban J connectivity index is 2.01. The molecule has 1 aromatic heterocycles. The Morgan fingerprint density at radius 1 is 1.28 bits per heavy atom. The summed E-state index contributed by atoms with van der Waals surface area (Å²) in [5.74, 6) is 0.978. The smallest absolute Gasteiger partial charge is 0.336 e. The molecule has 29 heavy (non-hydrogen) atoms. The summed E-state index contributed by atoms with van der Waals surface area (Å²) < 4.78 is 10.6. The normalized spacial score (nSPS) is 20.1. The Labute approximate surface area is 171 Å². The molecule has 6 heteroatoms. The molecule has 2 aromatic rings.